The molecule has 2 heterocycles. The Balaban J connectivity index is 1.91. The van der Waals surface area contributed by atoms with Crippen molar-refractivity contribution in [3.05, 3.63) is 65.2 Å². The molecule has 0 atom stereocenters. The van der Waals surface area contributed by atoms with Gasteiger partial charge in [0.15, 0.2) is 0 Å². The number of halogens is 4. The van der Waals surface area contributed by atoms with Gasteiger partial charge in [-0.2, -0.15) is 18.3 Å². The number of rotatable bonds is 5. The van der Waals surface area contributed by atoms with E-state index in [1.165, 1.54) is 18.3 Å². The molecule has 158 valence electrons. The van der Waals surface area contributed by atoms with Crippen molar-refractivity contribution in [3.63, 3.8) is 0 Å². The number of nitrogens with two attached hydrogens (primary N) is 1. The molecule has 1 aromatic carbocycles. The maximum atomic E-state index is 12.8. The van der Waals surface area contributed by atoms with Gasteiger partial charge in [0.2, 0.25) is 15.9 Å². The number of alkyl halides is 3. The third kappa shape index (κ3) is 4.96. The Morgan fingerprint density at radius 3 is 2.60 bits per heavy atom. The van der Waals surface area contributed by atoms with Crippen molar-refractivity contribution in [2.24, 2.45) is 5.14 Å². The number of sulfonamides is 1. The third-order valence-electron chi connectivity index (χ3n) is 3.89. The fourth-order valence-electron chi connectivity index (χ4n) is 2.54. The zero-order valence-electron chi connectivity index (χ0n) is 14.9. The molecule has 0 fully saturated rings. The van der Waals surface area contributed by atoms with Gasteiger partial charge in [-0.15, -0.1) is 0 Å². The van der Waals surface area contributed by atoms with E-state index >= 15 is 0 Å². The summed E-state index contributed by atoms with van der Waals surface area (Å²) < 4.78 is 63.1. The van der Waals surface area contributed by atoms with Crippen LogP contribution in [0, 0.1) is 0 Å². The van der Waals surface area contributed by atoms with Crippen LogP contribution in [0.4, 0.5) is 18.9 Å². The largest absolute Gasteiger partial charge is 0.419 e. The first-order chi connectivity index (χ1) is 13.9. The molecule has 2 aromatic heterocycles. The summed E-state index contributed by atoms with van der Waals surface area (Å²) >= 11 is 5.90. The number of benzene rings is 1. The van der Waals surface area contributed by atoms with Crippen molar-refractivity contribution in [1.29, 1.82) is 0 Å². The molecule has 1 amide bonds. The van der Waals surface area contributed by atoms with Crippen molar-refractivity contribution in [2.45, 2.75) is 17.5 Å². The van der Waals surface area contributed by atoms with Crippen molar-refractivity contribution >= 4 is 33.2 Å². The number of amides is 1. The lowest BCUT2D eigenvalue weighted by Gasteiger charge is -2.12. The number of nitrogens with one attached hydrogen (secondary N) is 1. The molecule has 0 saturated heterocycles. The summed E-state index contributed by atoms with van der Waals surface area (Å²) in [6.07, 6.45) is -2.14. The minimum absolute atomic E-state index is 0.0657. The highest BCUT2D eigenvalue weighted by Crippen LogP contribution is 2.30. The molecule has 0 bridgehead atoms. The molecule has 3 aromatic rings. The van der Waals surface area contributed by atoms with Crippen molar-refractivity contribution < 1.29 is 26.4 Å². The molecule has 3 rings (SSSR count). The molecule has 0 aliphatic rings. The van der Waals surface area contributed by atoms with E-state index in [1.807, 2.05) is 0 Å². The fourth-order valence-corrected chi connectivity index (χ4v) is 3.47. The summed E-state index contributed by atoms with van der Waals surface area (Å²) in [5.41, 5.74) is -0.748. The number of carbonyl (C=O) groups is 1. The van der Waals surface area contributed by atoms with Gasteiger partial charge in [0.1, 0.15) is 10.0 Å². The van der Waals surface area contributed by atoms with Crippen molar-refractivity contribution in [2.75, 3.05) is 5.32 Å². The summed E-state index contributed by atoms with van der Waals surface area (Å²) in [4.78, 5) is 15.6. The van der Waals surface area contributed by atoms with Crippen LogP contribution in [0.25, 0.3) is 5.69 Å². The Hall–Kier alpha value is -2.96. The van der Waals surface area contributed by atoms with Crippen molar-refractivity contribution in [3.8, 4) is 5.69 Å². The maximum Gasteiger partial charge on any atom is 0.419 e. The number of hydrogen-bond donors (Lipinski definition) is 2. The lowest BCUT2D eigenvalue weighted by atomic mass is 10.2. The molecule has 0 radical (unpaired) electrons. The van der Waals surface area contributed by atoms with E-state index in [1.54, 1.807) is 12.1 Å². The fraction of sp³-hybridized carbons (Fsp3) is 0.118. The molecule has 0 aliphatic carbocycles. The lowest BCUT2D eigenvalue weighted by molar-refractivity contribution is -0.137. The highest BCUT2D eigenvalue weighted by Gasteiger charge is 2.32. The van der Waals surface area contributed by atoms with Crippen molar-refractivity contribution in [1.82, 2.24) is 14.8 Å². The summed E-state index contributed by atoms with van der Waals surface area (Å²) in [7, 11) is -4.36. The SMILES string of the molecule is NS(=O)(=O)c1cc(NC(=O)Cc2cccnc2Cl)ccc1-n1cc(C(F)(F)F)cn1. The van der Waals surface area contributed by atoms with Crippen LogP contribution in [0.1, 0.15) is 11.1 Å². The Kier molecular flexibility index (Phi) is 5.83. The topological polar surface area (TPSA) is 120 Å². The van der Waals surface area contributed by atoms with E-state index in [0.717, 1.165) is 10.7 Å². The summed E-state index contributed by atoms with van der Waals surface area (Å²) in [5.74, 6) is -0.517. The third-order valence-corrected chi connectivity index (χ3v) is 5.17. The first kappa shape index (κ1) is 21.7. The molecule has 0 spiro atoms. The highest BCUT2D eigenvalue weighted by atomic mass is 35.5. The van der Waals surface area contributed by atoms with Gasteiger partial charge in [-0.05, 0) is 29.8 Å². The smallest absolute Gasteiger partial charge is 0.326 e. The predicted molar refractivity (Wildman–Crippen MR) is 102 cm³/mol. The number of hydrogen-bond acceptors (Lipinski definition) is 5. The Morgan fingerprint density at radius 1 is 1.27 bits per heavy atom. The Bertz CT molecular complexity index is 1210. The summed E-state index contributed by atoms with van der Waals surface area (Å²) in [6.45, 7) is 0. The first-order valence-electron chi connectivity index (χ1n) is 8.13. The van der Waals surface area contributed by atoms with Gasteiger partial charge >= 0.3 is 6.18 Å². The van der Waals surface area contributed by atoms with Gasteiger partial charge in [0.05, 0.1) is 23.9 Å². The maximum absolute atomic E-state index is 12.8. The van der Waals surface area contributed by atoms with Crippen LogP contribution >= 0.6 is 11.6 Å². The second-order valence-electron chi connectivity index (χ2n) is 6.08. The van der Waals surface area contributed by atoms with Crippen LogP contribution in [0.3, 0.4) is 0 Å². The van der Waals surface area contributed by atoms with Gasteiger partial charge in [0, 0.05) is 18.1 Å². The zero-order valence-corrected chi connectivity index (χ0v) is 16.5. The number of pyridine rings is 1. The van der Waals surface area contributed by atoms with Gasteiger partial charge in [-0.3, -0.25) is 4.79 Å². The molecule has 0 saturated carbocycles. The van der Waals surface area contributed by atoms with Gasteiger partial charge in [0.25, 0.3) is 0 Å². The number of nitrogens with zero attached hydrogens (tertiary/aromatic N) is 3. The second-order valence-corrected chi connectivity index (χ2v) is 7.96. The average molecular weight is 460 g/mol. The van der Waals surface area contributed by atoms with E-state index in [4.69, 9.17) is 16.7 Å². The van der Waals surface area contributed by atoms with Crippen LogP contribution in [0.5, 0.6) is 0 Å². The van der Waals surface area contributed by atoms with E-state index in [2.05, 4.69) is 15.4 Å². The lowest BCUT2D eigenvalue weighted by Crippen LogP contribution is -2.18. The number of aromatic nitrogens is 3. The molecule has 8 nitrogen and oxygen atoms in total. The van der Waals surface area contributed by atoms with Crippen LogP contribution in [-0.2, 0) is 27.4 Å². The minimum atomic E-state index is -4.65. The highest BCUT2D eigenvalue weighted by molar-refractivity contribution is 7.89. The molecular weight excluding hydrogens is 447 g/mol. The predicted octanol–water partition coefficient (Wildman–Crippen LogP) is 2.77. The minimum Gasteiger partial charge on any atom is -0.326 e. The van der Waals surface area contributed by atoms with Crippen LogP contribution in [-0.4, -0.2) is 29.1 Å². The Labute approximate surface area is 173 Å². The molecular formula is C17H13ClF3N5O3S. The molecule has 0 aliphatic heterocycles. The van der Waals surface area contributed by atoms with Crippen LogP contribution < -0.4 is 10.5 Å². The summed E-state index contributed by atoms with van der Waals surface area (Å²) in [5, 5.41) is 11.4. The number of carbonyl (C=O) groups excluding carboxylic acids is 1. The monoisotopic (exact) mass is 459 g/mol. The van der Waals surface area contributed by atoms with E-state index in [0.29, 0.717) is 18.0 Å². The summed E-state index contributed by atoms with van der Waals surface area (Å²) in [6, 6.07) is 6.72. The first-order valence-corrected chi connectivity index (χ1v) is 10.1. The molecule has 30 heavy (non-hydrogen) atoms. The molecule has 0 unspecified atom stereocenters. The molecule has 3 N–H and O–H groups in total. The van der Waals surface area contributed by atoms with E-state index in [-0.39, 0.29) is 22.9 Å². The van der Waals surface area contributed by atoms with Gasteiger partial charge in [-0.25, -0.2) is 23.2 Å². The second kappa shape index (κ2) is 8.05. The average Bonchev–Trinajstić information content (AvgIpc) is 3.13. The van der Waals surface area contributed by atoms with Gasteiger partial charge < -0.3 is 5.32 Å². The zero-order chi connectivity index (χ0) is 22.1. The quantitative estimate of drug-likeness (QED) is 0.568. The van der Waals surface area contributed by atoms with E-state index in [9.17, 15) is 26.4 Å². The number of primary sulfonamides is 1. The molecule has 13 heteroatoms. The van der Waals surface area contributed by atoms with Crippen LogP contribution in [0.15, 0.2) is 53.8 Å². The normalized spacial score (nSPS) is 12.0. The van der Waals surface area contributed by atoms with E-state index < -0.39 is 32.6 Å². The number of anilines is 1. The van der Waals surface area contributed by atoms with Crippen LogP contribution in [0.2, 0.25) is 5.15 Å². The van der Waals surface area contributed by atoms with Gasteiger partial charge in [-0.1, -0.05) is 17.7 Å². The standard InChI is InChI=1S/C17H13ClF3N5O3S/c18-16-10(2-1-5-23-16)6-15(27)25-12-3-4-13(14(7-12)30(22,28)29)26-9-11(8-24-26)17(19,20)21/h1-5,7-9H,6H2,(H,25,27)(H2,22,28,29). The Morgan fingerprint density at radius 2 is 2.00 bits per heavy atom.